The zero-order valence-electron chi connectivity index (χ0n) is 12.2. The lowest BCUT2D eigenvalue weighted by molar-refractivity contribution is 0.194. The fraction of sp³-hybridized carbons (Fsp3) is 0.600. The molecule has 0 atom stereocenters. The van der Waals surface area contributed by atoms with Gasteiger partial charge in [0, 0.05) is 32.5 Å². The summed E-state index contributed by atoms with van der Waals surface area (Å²) < 4.78 is 10.6. The molecular weight excluding hydrogens is 240 g/mol. The van der Waals surface area contributed by atoms with Crippen molar-refractivity contribution in [3.8, 4) is 5.75 Å². The van der Waals surface area contributed by atoms with Crippen molar-refractivity contribution in [2.45, 2.75) is 26.4 Å². The second kappa shape index (κ2) is 9.64. The van der Waals surface area contributed by atoms with Crippen molar-refractivity contribution >= 4 is 5.69 Å². The molecule has 0 radical (unpaired) electrons. The van der Waals surface area contributed by atoms with Crippen molar-refractivity contribution in [3.05, 3.63) is 24.3 Å². The average molecular weight is 266 g/mol. The van der Waals surface area contributed by atoms with Crippen molar-refractivity contribution < 1.29 is 9.47 Å². The van der Waals surface area contributed by atoms with Gasteiger partial charge in [0.25, 0.3) is 0 Å². The van der Waals surface area contributed by atoms with Gasteiger partial charge in [-0.05, 0) is 51.1 Å². The quantitative estimate of drug-likeness (QED) is 0.639. The highest BCUT2D eigenvalue weighted by Crippen LogP contribution is 2.16. The third kappa shape index (κ3) is 7.70. The third-order valence-corrected chi connectivity index (χ3v) is 2.56. The molecule has 0 spiro atoms. The summed E-state index contributed by atoms with van der Waals surface area (Å²) in [6.45, 7) is 7.74. The fourth-order valence-corrected chi connectivity index (χ4v) is 1.69. The minimum Gasteiger partial charge on any atom is -0.491 e. The van der Waals surface area contributed by atoms with Gasteiger partial charge in [-0.3, -0.25) is 0 Å². The Kier molecular flexibility index (Phi) is 8.02. The summed E-state index contributed by atoms with van der Waals surface area (Å²) in [5.41, 5.74) is 1.12. The lowest BCUT2D eigenvalue weighted by atomic mass is 10.3. The van der Waals surface area contributed by atoms with E-state index in [9.17, 15) is 0 Å². The molecule has 0 aliphatic heterocycles. The summed E-state index contributed by atoms with van der Waals surface area (Å²) in [7, 11) is 1.73. The third-order valence-electron chi connectivity index (χ3n) is 2.56. The van der Waals surface area contributed by atoms with Crippen LogP contribution in [0.5, 0.6) is 5.75 Å². The van der Waals surface area contributed by atoms with Crippen LogP contribution < -0.4 is 15.4 Å². The lowest BCUT2D eigenvalue weighted by Gasteiger charge is -2.11. The molecule has 0 saturated heterocycles. The molecule has 1 aromatic carbocycles. The van der Waals surface area contributed by atoms with Gasteiger partial charge in [-0.25, -0.2) is 0 Å². The second-order valence-electron chi connectivity index (χ2n) is 4.71. The van der Waals surface area contributed by atoms with Crippen molar-refractivity contribution in [1.29, 1.82) is 0 Å². The highest BCUT2D eigenvalue weighted by Gasteiger charge is 1.97. The van der Waals surface area contributed by atoms with E-state index < -0.39 is 0 Å². The number of hydrogen-bond donors (Lipinski definition) is 2. The number of rotatable bonds is 10. The zero-order chi connectivity index (χ0) is 13.9. The Bertz CT molecular complexity index is 325. The Morgan fingerprint density at radius 3 is 2.42 bits per heavy atom. The summed E-state index contributed by atoms with van der Waals surface area (Å²) in [4.78, 5) is 0. The monoisotopic (exact) mass is 266 g/mol. The van der Waals surface area contributed by atoms with Crippen LogP contribution in [0, 0.1) is 0 Å². The maximum absolute atomic E-state index is 5.60. The molecule has 2 N–H and O–H groups in total. The van der Waals surface area contributed by atoms with Crippen LogP contribution in [0.2, 0.25) is 0 Å². The molecule has 0 aliphatic rings. The SMILES string of the molecule is COCCCNCCNc1ccc(OC(C)C)cc1. The Hall–Kier alpha value is -1.26. The molecule has 0 amide bonds. The summed E-state index contributed by atoms with van der Waals surface area (Å²) in [5.74, 6) is 0.915. The molecule has 1 rings (SSSR count). The number of methoxy groups -OCH3 is 1. The van der Waals surface area contributed by atoms with Crippen molar-refractivity contribution in [2.75, 3.05) is 38.7 Å². The van der Waals surface area contributed by atoms with Crippen LogP contribution in [0.25, 0.3) is 0 Å². The molecular formula is C15H26N2O2. The van der Waals surface area contributed by atoms with Crippen molar-refractivity contribution in [3.63, 3.8) is 0 Å². The Morgan fingerprint density at radius 1 is 1.05 bits per heavy atom. The van der Waals surface area contributed by atoms with Crippen LogP contribution in [-0.2, 0) is 4.74 Å². The summed E-state index contributed by atoms with van der Waals surface area (Å²) >= 11 is 0. The molecule has 0 bridgehead atoms. The van der Waals surface area contributed by atoms with E-state index in [1.54, 1.807) is 7.11 Å². The first-order chi connectivity index (χ1) is 9.22. The molecule has 4 nitrogen and oxygen atoms in total. The van der Waals surface area contributed by atoms with Gasteiger partial charge in [-0.15, -0.1) is 0 Å². The van der Waals surface area contributed by atoms with E-state index in [0.717, 1.165) is 44.1 Å². The van der Waals surface area contributed by atoms with Gasteiger partial charge in [-0.2, -0.15) is 0 Å². The molecule has 1 aromatic rings. The van der Waals surface area contributed by atoms with E-state index in [-0.39, 0.29) is 6.10 Å². The number of benzene rings is 1. The number of hydrogen-bond acceptors (Lipinski definition) is 4. The first-order valence-electron chi connectivity index (χ1n) is 6.92. The highest BCUT2D eigenvalue weighted by atomic mass is 16.5. The number of nitrogens with one attached hydrogen (secondary N) is 2. The predicted octanol–water partition coefficient (Wildman–Crippen LogP) is 2.51. The van der Waals surface area contributed by atoms with Crippen molar-refractivity contribution in [1.82, 2.24) is 5.32 Å². The summed E-state index contributed by atoms with van der Waals surface area (Å²) in [5, 5.41) is 6.73. The minimum absolute atomic E-state index is 0.218. The van der Waals surface area contributed by atoms with Crippen LogP contribution in [0.4, 0.5) is 5.69 Å². The lowest BCUT2D eigenvalue weighted by Crippen LogP contribution is -2.23. The van der Waals surface area contributed by atoms with Crippen LogP contribution in [-0.4, -0.2) is 39.5 Å². The largest absolute Gasteiger partial charge is 0.491 e. The second-order valence-corrected chi connectivity index (χ2v) is 4.71. The molecule has 0 aliphatic carbocycles. The minimum atomic E-state index is 0.218. The normalized spacial score (nSPS) is 10.7. The summed E-state index contributed by atoms with van der Waals surface area (Å²) in [6.07, 6.45) is 1.27. The van der Waals surface area contributed by atoms with Crippen LogP contribution >= 0.6 is 0 Å². The highest BCUT2D eigenvalue weighted by molar-refractivity contribution is 5.46. The van der Waals surface area contributed by atoms with Gasteiger partial charge in [0.1, 0.15) is 5.75 Å². The maximum Gasteiger partial charge on any atom is 0.119 e. The van der Waals surface area contributed by atoms with E-state index in [2.05, 4.69) is 10.6 Å². The molecule has 0 aromatic heterocycles. The van der Waals surface area contributed by atoms with Gasteiger partial charge in [0.2, 0.25) is 0 Å². The van der Waals surface area contributed by atoms with E-state index in [4.69, 9.17) is 9.47 Å². The average Bonchev–Trinajstić information content (AvgIpc) is 2.39. The molecule has 108 valence electrons. The summed E-state index contributed by atoms with van der Waals surface area (Å²) in [6, 6.07) is 8.08. The van der Waals surface area contributed by atoms with E-state index in [0.29, 0.717) is 0 Å². The molecule has 19 heavy (non-hydrogen) atoms. The van der Waals surface area contributed by atoms with Gasteiger partial charge in [0.05, 0.1) is 6.10 Å². The molecule has 0 fully saturated rings. The topological polar surface area (TPSA) is 42.5 Å². The molecule has 0 unspecified atom stereocenters. The van der Waals surface area contributed by atoms with E-state index >= 15 is 0 Å². The first kappa shape index (κ1) is 15.8. The smallest absolute Gasteiger partial charge is 0.119 e. The first-order valence-corrected chi connectivity index (χ1v) is 6.92. The fourth-order valence-electron chi connectivity index (χ4n) is 1.69. The number of ether oxygens (including phenoxy) is 2. The van der Waals surface area contributed by atoms with Crippen LogP contribution in [0.3, 0.4) is 0 Å². The van der Waals surface area contributed by atoms with Gasteiger partial charge in [-0.1, -0.05) is 0 Å². The van der Waals surface area contributed by atoms with Gasteiger partial charge >= 0.3 is 0 Å². The van der Waals surface area contributed by atoms with E-state index in [1.807, 2.05) is 38.1 Å². The van der Waals surface area contributed by atoms with Gasteiger partial charge in [0.15, 0.2) is 0 Å². The zero-order valence-corrected chi connectivity index (χ0v) is 12.2. The van der Waals surface area contributed by atoms with Crippen LogP contribution in [0.15, 0.2) is 24.3 Å². The Labute approximate surface area is 116 Å². The predicted molar refractivity (Wildman–Crippen MR) is 80.1 cm³/mol. The molecule has 4 heteroatoms. The van der Waals surface area contributed by atoms with Crippen molar-refractivity contribution in [2.24, 2.45) is 0 Å². The van der Waals surface area contributed by atoms with E-state index in [1.165, 1.54) is 0 Å². The molecule has 0 saturated carbocycles. The Balaban J connectivity index is 2.12. The standard InChI is InChI=1S/C15H26N2O2/c1-13(2)19-15-7-5-14(6-8-15)17-11-10-16-9-4-12-18-3/h5-8,13,16-17H,4,9-12H2,1-3H3. The van der Waals surface area contributed by atoms with Crippen LogP contribution in [0.1, 0.15) is 20.3 Å². The van der Waals surface area contributed by atoms with Gasteiger partial charge < -0.3 is 20.1 Å². The maximum atomic E-state index is 5.60. The molecule has 0 heterocycles. The number of anilines is 1. The Morgan fingerprint density at radius 2 is 1.79 bits per heavy atom.